The second-order valence-corrected chi connectivity index (χ2v) is 9.62. The van der Waals surface area contributed by atoms with Gasteiger partial charge in [0.25, 0.3) is 0 Å². The van der Waals surface area contributed by atoms with Gasteiger partial charge in [0.2, 0.25) is 5.95 Å². The van der Waals surface area contributed by atoms with Gasteiger partial charge < -0.3 is 20.4 Å². The van der Waals surface area contributed by atoms with Crippen molar-refractivity contribution in [2.75, 3.05) is 18.2 Å². The maximum Gasteiger partial charge on any atom is 0.224 e. The largest absolute Gasteiger partial charge is 0.497 e. The monoisotopic (exact) mass is 547 g/mol. The first-order valence-corrected chi connectivity index (χ1v) is 13.0. The van der Waals surface area contributed by atoms with Crippen LogP contribution in [0.25, 0.3) is 33.2 Å². The molecule has 3 N–H and O–H groups in total. The Morgan fingerprint density at radius 1 is 1.02 bits per heavy atom. The number of nitrogens with one attached hydrogen (secondary N) is 1. The van der Waals surface area contributed by atoms with Crippen LogP contribution in [0.1, 0.15) is 24.2 Å². The first kappa shape index (κ1) is 25.9. The first-order chi connectivity index (χ1) is 19.9. The van der Waals surface area contributed by atoms with Gasteiger partial charge in [0.05, 0.1) is 30.1 Å². The fourth-order valence-corrected chi connectivity index (χ4v) is 4.86. The van der Waals surface area contributed by atoms with Crippen LogP contribution < -0.4 is 21.2 Å². The molecule has 1 atom stereocenters. The molecular formula is C31H26FN7O2. The first-order valence-electron chi connectivity index (χ1n) is 13.0. The van der Waals surface area contributed by atoms with E-state index < -0.39 is 6.04 Å². The number of methoxy groups -OCH3 is 1. The molecule has 6 aromatic rings. The Balaban J connectivity index is 1.44. The summed E-state index contributed by atoms with van der Waals surface area (Å²) in [6, 6.07) is 20.6. The molecule has 0 aliphatic heterocycles. The van der Waals surface area contributed by atoms with E-state index in [0.29, 0.717) is 45.7 Å². The van der Waals surface area contributed by atoms with E-state index in [1.807, 2.05) is 60.0 Å². The third-order valence-corrected chi connectivity index (χ3v) is 6.85. The molecule has 204 valence electrons. The number of rotatable bonds is 7. The second kappa shape index (κ2) is 10.6. The highest BCUT2D eigenvalue weighted by Gasteiger charge is 2.20. The van der Waals surface area contributed by atoms with Crippen molar-refractivity contribution in [1.82, 2.24) is 24.5 Å². The summed E-state index contributed by atoms with van der Waals surface area (Å²) in [6.45, 7) is 2.37. The normalized spacial score (nSPS) is 12.0. The third kappa shape index (κ3) is 5.14. The quantitative estimate of drug-likeness (QED) is 0.274. The van der Waals surface area contributed by atoms with Crippen LogP contribution in [-0.4, -0.2) is 31.6 Å². The predicted octanol–water partition coefficient (Wildman–Crippen LogP) is 5.35. The molecule has 10 heteroatoms. The van der Waals surface area contributed by atoms with Crippen molar-refractivity contribution in [3.8, 4) is 17.0 Å². The number of nitrogens with two attached hydrogens (primary N) is 1. The Hall–Kier alpha value is -5.38. The number of fused-ring (bicyclic) bond motifs is 2. The summed E-state index contributed by atoms with van der Waals surface area (Å²) >= 11 is 0. The number of halogens is 1. The van der Waals surface area contributed by atoms with Gasteiger partial charge in [0, 0.05) is 36.0 Å². The fourth-order valence-electron chi connectivity index (χ4n) is 4.86. The Morgan fingerprint density at radius 2 is 1.85 bits per heavy atom. The van der Waals surface area contributed by atoms with Gasteiger partial charge in [-0.3, -0.25) is 9.78 Å². The molecule has 0 amide bonds. The Morgan fingerprint density at radius 3 is 2.61 bits per heavy atom. The standard InChI is InChI=1S/C31H26FN7O2/c1-18(28-23(25-5-3-4-13-34-25)16-20-15-21(32)8-11-24(20)36-28)35-29-27-26(40)12-14-39(30(27)38-31(33)37-29)17-19-6-9-22(41-2)10-7-19/h3-16,18H,17H2,1-2H3,(H3,33,35,37,38)/t18-/m0/s1. The van der Waals surface area contributed by atoms with E-state index in [-0.39, 0.29) is 17.2 Å². The van der Waals surface area contributed by atoms with Crippen LogP contribution in [0.2, 0.25) is 0 Å². The maximum absolute atomic E-state index is 14.0. The van der Waals surface area contributed by atoms with Crippen molar-refractivity contribution in [2.24, 2.45) is 0 Å². The molecule has 0 aliphatic carbocycles. The molecule has 9 nitrogen and oxygen atoms in total. The van der Waals surface area contributed by atoms with Crippen LogP contribution in [0, 0.1) is 5.82 Å². The topological polar surface area (TPSA) is 121 Å². The molecule has 0 saturated carbocycles. The zero-order valence-corrected chi connectivity index (χ0v) is 22.4. The van der Waals surface area contributed by atoms with Crippen molar-refractivity contribution in [3.63, 3.8) is 0 Å². The number of ether oxygens (including phenoxy) is 1. The summed E-state index contributed by atoms with van der Waals surface area (Å²) in [5, 5.41) is 4.31. The molecule has 6 rings (SSSR count). The molecule has 0 fully saturated rings. The van der Waals surface area contributed by atoms with Gasteiger partial charge >= 0.3 is 0 Å². The van der Waals surface area contributed by atoms with Gasteiger partial charge in [-0.25, -0.2) is 9.37 Å². The Labute approximate surface area is 234 Å². The van der Waals surface area contributed by atoms with Crippen LogP contribution in [0.15, 0.2) is 90.0 Å². The van der Waals surface area contributed by atoms with E-state index in [0.717, 1.165) is 16.9 Å². The molecule has 4 heterocycles. The van der Waals surface area contributed by atoms with Crippen LogP contribution >= 0.6 is 0 Å². The van der Waals surface area contributed by atoms with E-state index >= 15 is 0 Å². The molecule has 0 saturated heterocycles. The number of aromatic nitrogens is 5. The number of hydrogen-bond acceptors (Lipinski definition) is 8. The van der Waals surface area contributed by atoms with E-state index in [1.54, 1.807) is 25.6 Å². The fraction of sp³-hybridized carbons (Fsp3) is 0.129. The van der Waals surface area contributed by atoms with Crippen molar-refractivity contribution in [1.29, 1.82) is 0 Å². The lowest BCUT2D eigenvalue weighted by atomic mass is 10.0. The predicted molar refractivity (Wildman–Crippen MR) is 157 cm³/mol. The van der Waals surface area contributed by atoms with Crippen LogP contribution in [-0.2, 0) is 6.54 Å². The summed E-state index contributed by atoms with van der Waals surface area (Å²) in [5.41, 5.74) is 10.00. The highest BCUT2D eigenvalue weighted by Crippen LogP contribution is 2.32. The minimum atomic E-state index is -0.436. The van der Waals surface area contributed by atoms with Crippen molar-refractivity contribution in [3.05, 3.63) is 112 Å². The zero-order chi connectivity index (χ0) is 28.5. The minimum Gasteiger partial charge on any atom is -0.497 e. The summed E-state index contributed by atoms with van der Waals surface area (Å²) in [4.78, 5) is 31.4. The number of anilines is 2. The molecule has 0 aliphatic rings. The van der Waals surface area contributed by atoms with Crippen molar-refractivity contribution in [2.45, 2.75) is 19.5 Å². The summed E-state index contributed by atoms with van der Waals surface area (Å²) in [6.07, 6.45) is 3.38. The van der Waals surface area contributed by atoms with Crippen LogP contribution in [0.5, 0.6) is 5.75 Å². The highest BCUT2D eigenvalue weighted by molar-refractivity contribution is 5.88. The Kier molecular flexibility index (Phi) is 6.72. The van der Waals surface area contributed by atoms with E-state index in [9.17, 15) is 9.18 Å². The lowest BCUT2D eigenvalue weighted by Gasteiger charge is -2.20. The van der Waals surface area contributed by atoms with Gasteiger partial charge in [0.1, 0.15) is 22.8 Å². The lowest BCUT2D eigenvalue weighted by Crippen LogP contribution is -2.18. The van der Waals surface area contributed by atoms with E-state index in [2.05, 4.69) is 20.3 Å². The number of pyridine rings is 3. The van der Waals surface area contributed by atoms with Gasteiger partial charge in [-0.1, -0.05) is 18.2 Å². The number of benzene rings is 2. The summed E-state index contributed by atoms with van der Waals surface area (Å²) in [7, 11) is 1.62. The second-order valence-electron chi connectivity index (χ2n) is 9.62. The summed E-state index contributed by atoms with van der Waals surface area (Å²) < 4.78 is 21.1. The third-order valence-electron chi connectivity index (χ3n) is 6.85. The van der Waals surface area contributed by atoms with Crippen molar-refractivity contribution >= 4 is 33.7 Å². The highest BCUT2D eigenvalue weighted by atomic mass is 19.1. The maximum atomic E-state index is 14.0. The van der Waals surface area contributed by atoms with E-state index in [1.165, 1.54) is 18.2 Å². The average molecular weight is 548 g/mol. The van der Waals surface area contributed by atoms with Crippen molar-refractivity contribution < 1.29 is 9.13 Å². The lowest BCUT2D eigenvalue weighted by molar-refractivity contribution is 0.414. The van der Waals surface area contributed by atoms with Gasteiger partial charge in [0.15, 0.2) is 11.1 Å². The molecule has 0 radical (unpaired) electrons. The molecule has 0 spiro atoms. The number of hydrogen-bond donors (Lipinski definition) is 2. The molecule has 41 heavy (non-hydrogen) atoms. The van der Waals surface area contributed by atoms with Gasteiger partial charge in [-0.15, -0.1) is 0 Å². The van der Waals surface area contributed by atoms with Gasteiger partial charge in [-0.2, -0.15) is 9.97 Å². The summed E-state index contributed by atoms with van der Waals surface area (Å²) in [5.74, 6) is 0.720. The van der Waals surface area contributed by atoms with E-state index in [4.69, 9.17) is 15.5 Å². The van der Waals surface area contributed by atoms with Crippen LogP contribution in [0.3, 0.4) is 0 Å². The van der Waals surface area contributed by atoms with Crippen LogP contribution in [0.4, 0.5) is 16.2 Å². The minimum absolute atomic E-state index is 0.0215. The average Bonchev–Trinajstić information content (AvgIpc) is 2.98. The van der Waals surface area contributed by atoms with Gasteiger partial charge in [-0.05, 0) is 61.0 Å². The molecule has 0 unspecified atom stereocenters. The molecule has 0 bridgehead atoms. The number of nitrogen functional groups attached to an aromatic ring is 1. The molecule has 4 aromatic heterocycles. The smallest absolute Gasteiger partial charge is 0.224 e. The molecular weight excluding hydrogens is 521 g/mol. The number of nitrogens with zero attached hydrogens (tertiary/aromatic N) is 5. The molecule has 2 aromatic carbocycles. The SMILES string of the molecule is COc1ccc(Cn2ccc(=O)c3c(N[C@@H](C)c4nc5ccc(F)cc5cc4-c4ccccn4)nc(N)nc32)cc1. The zero-order valence-electron chi connectivity index (χ0n) is 22.4. The Bertz CT molecular complexity index is 1940.